The summed E-state index contributed by atoms with van der Waals surface area (Å²) in [6.45, 7) is 2.86. The zero-order valence-corrected chi connectivity index (χ0v) is 17.6. The van der Waals surface area contributed by atoms with Gasteiger partial charge in [-0.3, -0.25) is 9.69 Å². The van der Waals surface area contributed by atoms with Crippen molar-refractivity contribution in [2.75, 3.05) is 39.3 Å². The van der Waals surface area contributed by atoms with E-state index in [9.17, 15) is 13.2 Å². The average Bonchev–Trinajstić information content (AvgIpc) is 3.37. The lowest BCUT2D eigenvalue weighted by molar-refractivity contribution is -0.133. The molecule has 156 valence electrons. The van der Waals surface area contributed by atoms with E-state index in [0.29, 0.717) is 37.6 Å². The van der Waals surface area contributed by atoms with E-state index in [4.69, 9.17) is 0 Å². The maximum atomic E-state index is 12.9. The van der Waals surface area contributed by atoms with Crippen LogP contribution in [0.5, 0.6) is 0 Å². The fourth-order valence-electron chi connectivity index (χ4n) is 4.36. The lowest BCUT2D eigenvalue weighted by Gasteiger charge is -2.35. The van der Waals surface area contributed by atoms with Crippen LogP contribution in [0.15, 0.2) is 53.6 Å². The molecule has 8 heteroatoms. The molecule has 3 heterocycles. The second kappa shape index (κ2) is 8.30. The highest BCUT2D eigenvalue weighted by Crippen LogP contribution is 2.31. The highest BCUT2D eigenvalue weighted by Gasteiger charge is 2.33. The summed E-state index contributed by atoms with van der Waals surface area (Å²) in [6, 6.07) is 12.9. The third-order valence-electron chi connectivity index (χ3n) is 6.00. The number of hydrogen-bond donors (Lipinski definition) is 0. The van der Waals surface area contributed by atoms with Crippen LogP contribution >= 0.6 is 0 Å². The first-order chi connectivity index (χ1) is 14.0. The molecular formula is C21H28N4O3S. The third kappa shape index (κ3) is 4.10. The Kier molecular flexibility index (Phi) is 5.76. The van der Waals surface area contributed by atoms with Gasteiger partial charge in [0.15, 0.2) is 0 Å². The molecule has 4 rings (SSSR count). The summed E-state index contributed by atoms with van der Waals surface area (Å²) in [5.74, 6) is 0.0860. The summed E-state index contributed by atoms with van der Waals surface area (Å²) in [7, 11) is -1.45. The van der Waals surface area contributed by atoms with Gasteiger partial charge in [0, 0.05) is 45.1 Å². The van der Waals surface area contributed by atoms with Crippen LogP contribution < -0.4 is 0 Å². The first-order valence-corrected chi connectivity index (χ1v) is 11.6. The Balaban J connectivity index is 1.35. The van der Waals surface area contributed by atoms with Gasteiger partial charge >= 0.3 is 0 Å². The zero-order valence-electron chi connectivity index (χ0n) is 16.8. The van der Waals surface area contributed by atoms with E-state index < -0.39 is 10.0 Å². The molecule has 29 heavy (non-hydrogen) atoms. The van der Waals surface area contributed by atoms with Crippen molar-refractivity contribution >= 4 is 15.9 Å². The smallest absolute Gasteiger partial charge is 0.243 e. The van der Waals surface area contributed by atoms with Crippen molar-refractivity contribution in [2.45, 2.75) is 23.8 Å². The van der Waals surface area contributed by atoms with E-state index >= 15 is 0 Å². The molecule has 2 saturated heterocycles. The van der Waals surface area contributed by atoms with Crippen LogP contribution in [0.25, 0.3) is 0 Å². The second-order valence-corrected chi connectivity index (χ2v) is 9.71. The SMILES string of the molecule is Cn1cccc1[C@@H]1CCCN1CC(=O)N1CCN(S(=O)(=O)c2ccccc2)CC1. The van der Waals surface area contributed by atoms with Crippen LogP contribution in [-0.4, -0.2) is 72.3 Å². The number of sulfonamides is 1. The van der Waals surface area contributed by atoms with Crippen molar-refractivity contribution in [1.82, 2.24) is 18.7 Å². The first kappa shape index (κ1) is 20.1. The molecule has 0 spiro atoms. The van der Waals surface area contributed by atoms with Gasteiger partial charge in [0.2, 0.25) is 15.9 Å². The predicted octanol–water partition coefficient (Wildman–Crippen LogP) is 1.70. The molecule has 2 aliphatic heterocycles. The molecule has 0 bridgehead atoms. The van der Waals surface area contributed by atoms with Crippen LogP contribution in [-0.2, 0) is 21.9 Å². The Morgan fingerprint density at radius 2 is 1.72 bits per heavy atom. The van der Waals surface area contributed by atoms with E-state index in [1.165, 1.54) is 10.00 Å². The van der Waals surface area contributed by atoms with Gasteiger partial charge in [-0.25, -0.2) is 8.42 Å². The van der Waals surface area contributed by atoms with Gasteiger partial charge in [0.1, 0.15) is 0 Å². The summed E-state index contributed by atoms with van der Waals surface area (Å²) in [6.07, 6.45) is 4.19. The van der Waals surface area contributed by atoms with E-state index in [1.54, 1.807) is 35.2 Å². The lowest BCUT2D eigenvalue weighted by Crippen LogP contribution is -2.52. The van der Waals surface area contributed by atoms with Crippen LogP contribution in [0.2, 0.25) is 0 Å². The molecule has 1 aromatic carbocycles. The standard InChI is InChI=1S/C21H28N4O3S/c1-22-11-5-9-19(22)20-10-6-12-24(20)17-21(26)23-13-15-25(16-14-23)29(27,28)18-7-3-2-4-8-18/h2-5,7-9,11,20H,6,10,12-17H2,1H3/t20-/m0/s1. The number of carbonyl (C=O) groups is 1. The van der Waals surface area contributed by atoms with Gasteiger partial charge in [-0.05, 0) is 43.7 Å². The number of nitrogens with zero attached hydrogens (tertiary/aromatic N) is 4. The van der Waals surface area contributed by atoms with Gasteiger partial charge in [-0.1, -0.05) is 18.2 Å². The molecule has 2 fully saturated rings. The van der Waals surface area contributed by atoms with Crippen molar-refractivity contribution in [3.63, 3.8) is 0 Å². The Morgan fingerprint density at radius 3 is 2.38 bits per heavy atom. The van der Waals surface area contributed by atoms with Gasteiger partial charge < -0.3 is 9.47 Å². The fourth-order valence-corrected chi connectivity index (χ4v) is 5.81. The van der Waals surface area contributed by atoms with Gasteiger partial charge in [0.05, 0.1) is 17.5 Å². The number of aryl methyl sites for hydroxylation is 1. The van der Waals surface area contributed by atoms with Crippen molar-refractivity contribution in [3.05, 3.63) is 54.4 Å². The number of benzene rings is 1. The summed E-state index contributed by atoms with van der Waals surface area (Å²) < 4.78 is 29.1. The topological polar surface area (TPSA) is 65.9 Å². The van der Waals surface area contributed by atoms with Gasteiger partial charge in [-0.15, -0.1) is 0 Å². The monoisotopic (exact) mass is 416 g/mol. The number of carbonyl (C=O) groups excluding carboxylic acids is 1. The highest BCUT2D eigenvalue weighted by atomic mass is 32.2. The van der Waals surface area contributed by atoms with Crippen molar-refractivity contribution < 1.29 is 13.2 Å². The number of rotatable bonds is 5. The molecule has 0 radical (unpaired) electrons. The normalized spacial score (nSPS) is 21.6. The number of amides is 1. The molecule has 2 aromatic rings. The number of piperazine rings is 1. The summed E-state index contributed by atoms with van der Waals surface area (Å²) in [4.78, 5) is 17.3. The summed E-state index contributed by atoms with van der Waals surface area (Å²) >= 11 is 0. The molecule has 7 nitrogen and oxygen atoms in total. The van der Waals surface area contributed by atoms with E-state index in [-0.39, 0.29) is 11.9 Å². The molecule has 1 atom stereocenters. The second-order valence-electron chi connectivity index (χ2n) is 7.77. The molecule has 0 unspecified atom stereocenters. The molecule has 0 saturated carbocycles. The van der Waals surface area contributed by atoms with Crippen LogP contribution in [0.4, 0.5) is 0 Å². The zero-order chi connectivity index (χ0) is 20.4. The fraction of sp³-hybridized carbons (Fsp3) is 0.476. The number of hydrogen-bond acceptors (Lipinski definition) is 4. The maximum absolute atomic E-state index is 12.9. The lowest BCUT2D eigenvalue weighted by atomic mass is 10.1. The molecule has 2 aliphatic rings. The van der Waals surface area contributed by atoms with Crippen molar-refractivity contribution in [2.24, 2.45) is 7.05 Å². The van der Waals surface area contributed by atoms with Crippen LogP contribution in [0.1, 0.15) is 24.6 Å². The average molecular weight is 417 g/mol. The summed E-state index contributed by atoms with van der Waals surface area (Å²) in [5, 5.41) is 0. The van der Waals surface area contributed by atoms with E-state index in [2.05, 4.69) is 15.5 Å². The minimum absolute atomic E-state index is 0.0860. The Labute approximate surface area is 172 Å². The van der Waals surface area contributed by atoms with Crippen molar-refractivity contribution in [1.29, 1.82) is 0 Å². The Bertz CT molecular complexity index is 949. The Hall–Kier alpha value is -2.16. The van der Waals surface area contributed by atoms with Crippen molar-refractivity contribution in [3.8, 4) is 0 Å². The largest absolute Gasteiger partial charge is 0.353 e. The molecule has 0 aliphatic carbocycles. The molecule has 0 N–H and O–H groups in total. The molecule has 1 aromatic heterocycles. The minimum atomic E-state index is -3.49. The summed E-state index contributed by atoms with van der Waals surface area (Å²) in [5.41, 5.74) is 1.24. The van der Waals surface area contributed by atoms with Crippen LogP contribution in [0.3, 0.4) is 0 Å². The molecular weight excluding hydrogens is 388 g/mol. The van der Waals surface area contributed by atoms with E-state index in [0.717, 1.165) is 19.4 Å². The van der Waals surface area contributed by atoms with E-state index in [1.807, 2.05) is 19.3 Å². The van der Waals surface area contributed by atoms with Gasteiger partial charge in [-0.2, -0.15) is 4.31 Å². The number of likely N-dealkylation sites (tertiary alicyclic amines) is 1. The quantitative estimate of drug-likeness (QED) is 0.744. The van der Waals surface area contributed by atoms with Crippen LogP contribution in [0, 0.1) is 0 Å². The minimum Gasteiger partial charge on any atom is -0.353 e. The Morgan fingerprint density at radius 1 is 1.00 bits per heavy atom. The first-order valence-electron chi connectivity index (χ1n) is 10.1. The number of aromatic nitrogens is 1. The third-order valence-corrected chi connectivity index (χ3v) is 7.91. The highest BCUT2D eigenvalue weighted by molar-refractivity contribution is 7.89. The maximum Gasteiger partial charge on any atom is 0.243 e. The van der Waals surface area contributed by atoms with Gasteiger partial charge in [0.25, 0.3) is 0 Å². The molecule has 1 amide bonds. The predicted molar refractivity (Wildman–Crippen MR) is 111 cm³/mol.